The Kier molecular flexibility index (Phi) is 8.40. The summed E-state index contributed by atoms with van der Waals surface area (Å²) in [5, 5.41) is 2.43. The van der Waals surface area contributed by atoms with Gasteiger partial charge in [0.1, 0.15) is 11.6 Å². The van der Waals surface area contributed by atoms with E-state index >= 15 is 0 Å². The molecule has 1 N–H and O–H groups in total. The van der Waals surface area contributed by atoms with Crippen molar-refractivity contribution in [1.29, 1.82) is 0 Å². The zero-order valence-corrected chi connectivity index (χ0v) is 20.4. The van der Waals surface area contributed by atoms with Crippen molar-refractivity contribution >= 4 is 11.6 Å². The summed E-state index contributed by atoms with van der Waals surface area (Å²) in [5.41, 5.74) is 0.319. The molecule has 0 radical (unpaired) electrons. The van der Waals surface area contributed by atoms with Crippen molar-refractivity contribution in [2.75, 3.05) is 44.6 Å². The Morgan fingerprint density at radius 1 is 1.05 bits per heavy atom. The molecule has 1 amide bonds. The fourth-order valence-corrected chi connectivity index (χ4v) is 4.25. The van der Waals surface area contributed by atoms with Gasteiger partial charge in [0.05, 0.1) is 5.56 Å². The van der Waals surface area contributed by atoms with Crippen LogP contribution in [-0.4, -0.2) is 60.0 Å². The summed E-state index contributed by atoms with van der Waals surface area (Å²) < 4.78 is 61.2. The summed E-state index contributed by atoms with van der Waals surface area (Å²) in [6.45, 7) is 5.72. The molecule has 10 heteroatoms. The molecule has 0 bridgehead atoms. The first kappa shape index (κ1) is 26.6. The van der Waals surface area contributed by atoms with Gasteiger partial charge in [0.15, 0.2) is 6.61 Å². The van der Waals surface area contributed by atoms with Crippen LogP contribution in [0.2, 0.25) is 0 Å². The lowest BCUT2D eigenvalue weighted by molar-refractivity contribution is -0.138. The number of halogens is 4. The molecule has 0 atom stereocenters. The van der Waals surface area contributed by atoms with Crippen LogP contribution in [-0.2, 0) is 17.5 Å². The van der Waals surface area contributed by atoms with Crippen LogP contribution in [0.1, 0.15) is 18.1 Å². The van der Waals surface area contributed by atoms with Gasteiger partial charge in [0, 0.05) is 68.0 Å². The second-order valence-electron chi connectivity index (χ2n) is 8.80. The lowest BCUT2D eigenvalue weighted by Gasteiger charge is -2.34. The van der Waals surface area contributed by atoms with E-state index in [0.717, 1.165) is 31.8 Å². The maximum atomic E-state index is 14.5. The molecule has 0 spiro atoms. The van der Waals surface area contributed by atoms with Gasteiger partial charge in [-0.15, -0.1) is 0 Å². The lowest BCUT2D eigenvalue weighted by atomic mass is 10.0. The minimum absolute atomic E-state index is 0.0126. The molecule has 2 heterocycles. The third-order valence-electron chi connectivity index (χ3n) is 6.29. The highest BCUT2D eigenvalue weighted by Crippen LogP contribution is 2.34. The number of carbonyl (C=O) groups excluding carboxylic acids is 1. The molecule has 4 rings (SSSR count). The largest absolute Gasteiger partial charge is 0.484 e. The van der Waals surface area contributed by atoms with Crippen LogP contribution < -0.4 is 10.1 Å². The van der Waals surface area contributed by atoms with Crippen LogP contribution in [0, 0.1) is 5.82 Å². The van der Waals surface area contributed by atoms with Gasteiger partial charge in [0.25, 0.3) is 5.91 Å². The zero-order chi connectivity index (χ0) is 26.4. The van der Waals surface area contributed by atoms with E-state index in [9.17, 15) is 22.4 Å². The van der Waals surface area contributed by atoms with Crippen molar-refractivity contribution in [3.63, 3.8) is 0 Å². The number of hydrogen-bond acceptors (Lipinski definition) is 5. The molecule has 1 aliphatic heterocycles. The number of pyridine rings is 1. The number of nitrogens with zero attached hydrogens (tertiary/aromatic N) is 3. The van der Waals surface area contributed by atoms with E-state index in [1.54, 1.807) is 18.3 Å². The van der Waals surface area contributed by atoms with Crippen LogP contribution in [0.4, 0.5) is 23.2 Å². The topological polar surface area (TPSA) is 57.7 Å². The third-order valence-corrected chi connectivity index (χ3v) is 6.29. The number of piperazine rings is 1. The van der Waals surface area contributed by atoms with E-state index in [2.05, 4.69) is 22.1 Å². The Morgan fingerprint density at radius 3 is 2.46 bits per heavy atom. The van der Waals surface area contributed by atoms with Crippen molar-refractivity contribution in [3.8, 4) is 16.9 Å². The zero-order valence-electron chi connectivity index (χ0n) is 20.4. The van der Waals surface area contributed by atoms with Crippen LogP contribution >= 0.6 is 0 Å². The van der Waals surface area contributed by atoms with Crippen LogP contribution in [0.15, 0.2) is 60.9 Å². The predicted molar refractivity (Wildman–Crippen MR) is 133 cm³/mol. The first-order valence-corrected chi connectivity index (χ1v) is 12.0. The van der Waals surface area contributed by atoms with Crippen LogP contribution in [0.3, 0.4) is 0 Å². The van der Waals surface area contributed by atoms with E-state index in [1.807, 2.05) is 4.90 Å². The van der Waals surface area contributed by atoms with Gasteiger partial charge < -0.3 is 15.0 Å². The Hall–Kier alpha value is -3.50. The Morgan fingerprint density at radius 2 is 1.81 bits per heavy atom. The predicted octanol–water partition coefficient (Wildman–Crippen LogP) is 5.06. The normalized spacial score (nSPS) is 14.9. The number of amides is 1. The number of carbonyl (C=O) groups is 1. The number of aromatic nitrogens is 1. The Balaban J connectivity index is 1.37. The number of anilines is 1. The molecule has 1 aromatic heterocycles. The average Bonchev–Trinajstić information content (AvgIpc) is 2.89. The highest BCUT2D eigenvalue weighted by Gasteiger charge is 2.34. The van der Waals surface area contributed by atoms with Crippen molar-refractivity contribution in [2.24, 2.45) is 0 Å². The van der Waals surface area contributed by atoms with Crippen LogP contribution in [0.25, 0.3) is 11.1 Å². The molecular formula is C27H28F4N4O2. The SMILES string of the molecule is CCN1CCN(Cc2ccc(NC(=O)COc3ccc(-c4cccnc4)c(F)c3)cc2C(F)(F)F)CC1. The number of ether oxygens (including phenoxy) is 1. The second kappa shape index (κ2) is 11.7. The van der Waals surface area contributed by atoms with Gasteiger partial charge in [-0.2, -0.15) is 13.2 Å². The van der Waals surface area contributed by atoms with Crippen LogP contribution in [0.5, 0.6) is 5.75 Å². The summed E-state index contributed by atoms with van der Waals surface area (Å²) in [5.74, 6) is -1.09. The lowest BCUT2D eigenvalue weighted by Crippen LogP contribution is -2.45. The van der Waals surface area contributed by atoms with Gasteiger partial charge in [-0.3, -0.25) is 14.7 Å². The molecule has 0 unspecified atom stereocenters. The van der Waals surface area contributed by atoms with Gasteiger partial charge in [-0.25, -0.2) is 4.39 Å². The molecule has 1 aliphatic rings. The van der Waals surface area contributed by atoms with Gasteiger partial charge in [0.2, 0.25) is 0 Å². The molecule has 6 nitrogen and oxygen atoms in total. The van der Waals surface area contributed by atoms with Crippen molar-refractivity contribution < 1.29 is 27.1 Å². The molecule has 0 aliphatic carbocycles. The smallest absolute Gasteiger partial charge is 0.416 e. The molecular weight excluding hydrogens is 488 g/mol. The first-order chi connectivity index (χ1) is 17.7. The molecule has 3 aromatic rings. The van der Waals surface area contributed by atoms with Crippen molar-refractivity contribution in [3.05, 3.63) is 77.9 Å². The van der Waals surface area contributed by atoms with Gasteiger partial charge in [-0.05, 0) is 42.4 Å². The molecule has 1 fully saturated rings. The monoisotopic (exact) mass is 516 g/mol. The molecule has 196 valence electrons. The number of benzene rings is 2. The molecule has 1 saturated heterocycles. The van der Waals surface area contributed by atoms with Gasteiger partial charge >= 0.3 is 6.18 Å². The fraction of sp³-hybridized carbons (Fsp3) is 0.333. The second-order valence-corrected chi connectivity index (χ2v) is 8.80. The number of alkyl halides is 3. The Bertz CT molecular complexity index is 1210. The fourth-order valence-electron chi connectivity index (χ4n) is 4.25. The number of rotatable bonds is 8. The number of likely N-dealkylation sites (N-methyl/N-ethyl adjacent to an activating group) is 1. The van der Waals surface area contributed by atoms with Gasteiger partial charge in [-0.1, -0.05) is 19.1 Å². The molecule has 0 saturated carbocycles. The third kappa shape index (κ3) is 7.05. The first-order valence-electron chi connectivity index (χ1n) is 12.0. The summed E-state index contributed by atoms with van der Waals surface area (Å²) in [4.78, 5) is 20.6. The minimum atomic E-state index is -4.56. The highest BCUT2D eigenvalue weighted by atomic mass is 19.4. The summed E-state index contributed by atoms with van der Waals surface area (Å²) in [7, 11) is 0. The maximum absolute atomic E-state index is 14.5. The van der Waals surface area contributed by atoms with E-state index < -0.39 is 30.1 Å². The Labute approximate surface area is 212 Å². The van der Waals surface area contributed by atoms with E-state index in [-0.39, 0.29) is 23.5 Å². The maximum Gasteiger partial charge on any atom is 0.416 e. The summed E-state index contributed by atoms with van der Waals surface area (Å²) in [6, 6.07) is 11.4. The summed E-state index contributed by atoms with van der Waals surface area (Å²) >= 11 is 0. The number of nitrogens with one attached hydrogen (secondary N) is 1. The molecule has 2 aromatic carbocycles. The quantitative estimate of drug-likeness (QED) is 0.424. The highest BCUT2D eigenvalue weighted by molar-refractivity contribution is 5.92. The van der Waals surface area contributed by atoms with Crippen molar-refractivity contribution in [2.45, 2.75) is 19.6 Å². The van der Waals surface area contributed by atoms with Crippen molar-refractivity contribution in [1.82, 2.24) is 14.8 Å². The standard InChI is InChI=1S/C27H28F4N4O2/c1-2-34-10-12-35(13-11-34)17-20-5-6-21(14-24(20)27(29,30)31)33-26(36)18-37-22-7-8-23(25(28)15-22)19-4-3-9-32-16-19/h3-9,14-16H,2,10-13,17-18H2,1H3,(H,33,36). The molecule has 37 heavy (non-hydrogen) atoms. The van der Waals surface area contributed by atoms with E-state index in [0.29, 0.717) is 24.2 Å². The summed E-state index contributed by atoms with van der Waals surface area (Å²) in [6.07, 6.45) is -1.46. The average molecular weight is 517 g/mol. The minimum Gasteiger partial charge on any atom is -0.484 e. The van der Waals surface area contributed by atoms with E-state index in [4.69, 9.17) is 4.74 Å². The van der Waals surface area contributed by atoms with E-state index in [1.165, 1.54) is 30.5 Å². The number of hydrogen-bond donors (Lipinski definition) is 1.